The maximum atomic E-state index is 12.8. The topological polar surface area (TPSA) is 105 Å². The third-order valence-corrected chi connectivity index (χ3v) is 8.05. The van der Waals surface area contributed by atoms with Gasteiger partial charge in [-0.2, -0.15) is 0 Å². The van der Waals surface area contributed by atoms with Crippen molar-refractivity contribution in [3.63, 3.8) is 0 Å². The monoisotopic (exact) mass is 456 g/mol. The van der Waals surface area contributed by atoms with E-state index >= 15 is 0 Å². The summed E-state index contributed by atoms with van der Waals surface area (Å²) in [4.78, 5) is 20.0. The number of ether oxygens (including phenoxy) is 2. The van der Waals surface area contributed by atoms with Crippen molar-refractivity contribution in [3.8, 4) is 17.1 Å². The van der Waals surface area contributed by atoms with Crippen LogP contribution in [0, 0.1) is 0 Å². The molecule has 3 atom stereocenters. The van der Waals surface area contributed by atoms with Crippen LogP contribution in [-0.4, -0.2) is 69.4 Å². The fourth-order valence-electron chi connectivity index (χ4n) is 4.43. The van der Waals surface area contributed by atoms with Gasteiger partial charge in [0, 0.05) is 35.7 Å². The molecule has 1 saturated heterocycles. The van der Waals surface area contributed by atoms with Crippen molar-refractivity contribution in [2.24, 2.45) is 0 Å². The maximum Gasteiger partial charge on any atom is 0.185 e. The molecular formula is C22H28N6O3S. The number of aromatic nitrogens is 4. The van der Waals surface area contributed by atoms with Crippen LogP contribution in [-0.2, 0) is 20.3 Å². The second-order valence-corrected chi connectivity index (χ2v) is 10.7. The smallest absolute Gasteiger partial charge is 0.185 e. The Labute approximate surface area is 189 Å². The molecule has 0 aromatic carbocycles. The predicted molar refractivity (Wildman–Crippen MR) is 126 cm³/mol. The summed E-state index contributed by atoms with van der Waals surface area (Å²) in [5.41, 5.74) is 3.08. The Bertz CT molecular complexity index is 1210. The number of nitrogens with one attached hydrogen (secondary N) is 2. The van der Waals surface area contributed by atoms with Crippen LogP contribution in [0.3, 0.4) is 0 Å². The van der Waals surface area contributed by atoms with Crippen LogP contribution < -0.4 is 15.0 Å². The molecule has 1 unspecified atom stereocenters. The van der Waals surface area contributed by atoms with Gasteiger partial charge in [-0.3, -0.25) is 4.21 Å². The van der Waals surface area contributed by atoms with E-state index in [0.717, 1.165) is 28.1 Å². The first kappa shape index (κ1) is 21.1. The van der Waals surface area contributed by atoms with Crippen LogP contribution in [0.2, 0.25) is 0 Å². The van der Waals surface area contributed by atoms with Gasteiger partial charge >= 0.3 is 0 Å². The highest BCUT2D eigenvalue weighted by Gasteiger charge is 2.41. The summed E-state index contributed by atoms with van der Waals surface area (Å²) in [6, 6.07) is 2.18. The minimum Gasteiger partial charge on any atom is -0.486 e. The first-order chi connectivity index (χ1) is 15.3. The van der Waals surface area contributed by atoms with Crippen molar-refractivity contribution in [1.82, 2.24) is 19.9 Å². The summed E-state index contributed by atoms with van der Waals surface area (Å²) >= 11 is 0. The van der Waals surface area contributed by atoms with Gasteiger partial charge in [0.25, 0.3) is 0 Å². The summed E-state index contributed by atoms with van der Waals surface area (Å²) < 4.78 is 24.0. The van der Waals surface area contributed by atoms with Gasteiger partial charge in [0.15, 0.2) is 17.4 Å². The number of anilines is 2. The fourth-order valence-corrected chi connectivity index (χ4v) is 4.84. The van der Waals surface area contributed by atoms with E-state index < -0.39 is 15.5 Å². The zero-order chi connectivity index (χ0) is 22.6. The number of hydrogen-bond donors (Lipinski definition) is 2. The number of aromatic amines is 1. The van der Waals surface area contributed by atoms with Crippen molar-refractivity contribution in [2.75, 3.05) is 43.3 Å². The highest BCUT2D eigenvalue weighted by Crippen LogP contribution is 2.45. The van der Waals surface area contributed by atoms with E-state index in [4.69, 9.17) is 19.4 Å². The van der Waals surface area contributed by atoms with Crippen LogP contribution in [0.5, 0.6) is 5.75 Å². The second-order valence-electron chi connectivity index (χ2n) is 8.81. The van der Waals surface area contributed by atoms with Crippen LogP contribution in [0.4, 0.5) is 11.5 Å². The zero-order valence-electron chi connectivity index (χ0n) is 18.9. The highest BCUT2D eigenvalue weighted by atomic mass is 32.2. The number of nitrogens with zero attached hydrogens (tertiary/aromatic N) is 4. The molecule has 32 heavy (non-hydrogen) atoms. The first-order valence-corrected chi connectivity index (χ1v) is 12.3. The predicted octanol–water partition coefficient (Wildman–Crippen LogP) is 2.66. The van der Waals surface area contributed by atoms with Gasteiger partial charge in [-0.15, -0.1) is 0 Å². The molecule has 0 radical (unpaired) electrons. The SMILES string of the molecule is CNc1cnc2[nH]ccc2c1-c1nc2c(c(C(C)(C)S(C)=O)n1)OC[C@@H]1COC[C@@H](C)N21. The lowest BCUT2D eigenvalue weighted by Crippen LogP contribution is -2.56. The van der Waals surface area contributed by atoms with Crippen LogP contribution >= 0.6 is 0 Å². The summed E-state index contributed by atoms with van der Waals surface area (Å²) in [7, 11) is 0.672. The summed E-state index contributed by atoms with van der Waals surface area (Å²) in [6.07, 6.45) is 5.33. The molecule has 0 amide bonds. The number of fused-ring (bicyclic) bond motifs is 4. The van der Waals surface area contributed by atoms with Crippen LogP contribution in [0.15, 0.2) is 18.5 Å². The van der Waals surface area contributed by atoms with Gasteiger partial charge in [-0.25, -0.2) is 15.0 Å². The normalized spacial score (nSPS) is 21.6. The van der Waals surface area contributed by atoms with Crippen molar-refractivity contribution < 1.29 is 13.7 Å². The fraction of sp³-hybridized carbons (Fsp3) is 0.500. The summed E-state index contributed by atoms with van der Waals surface area (Å²) in [5, 5.41) is 4.14. The quantitative estimate of drug-likeness (QED) is 0.617. The minimum atomic E-state index is -1.18. The molecular weight excluding hydrogens is 428 g/mol. The van der Waals surface area contributed by atoms with Crippen molar-refractivity contribution in [1.29, 1.82) is 0 Å². The molecule has 3 aromatic rings. The standard InChI is InChI=1S/C22H28N6O3S/c1-12-9-30-10-13-11-31-17-18(22(2,3)32(5)29)26-20(27-21(17)28(12)13)16-14-6-7-24-19(14)25-8-15(16)23-4/h6-8,12-13,23H,9-11H2,1-5H3,(H,24,25)/t12-,13+,32?/m1/s1. The average molecular weight is 457 g/mol. The van der Waals surface area contributed by atoms with Crippen molar-refractivity contribution >= 4 is 33.3 Å². The lowest BCUT2D eigenvalue weighted by atomic mass is 10.0. The van der Waals surface area contributed by atoms with E-state index in [0.29, 0.717) is 37.1 Å². The molecule has 0 bridgehead atoms. The van der Waals surface area contributed by atoms with E-state index in [1.807, 2.05) is 33.2 Å². The summed E-state index contributed by atoms with van der Waals surface area (Å²) in [6.45, 7) is 7.68. The lowest BCUT2D eigenvalue weighted by molar-refractivity contribution is 0.0482. The van der Waals surface area contributed by atoms with E-state index in [1.165, 1.54) is 0 Å². The number of H-pyrrole nitrogens is 1. The molecule has 1 fully saturated rings. The Morgan fingerprint density at radius 1 is 1.28 bits per heavy atom. The Hall–Kier alpha value is -2.72. The van der Waals surface area contributed by atoms with E-state index in [-0.39, 0.29) is 12.1 Å². The van der Waals surface area contributed by atoms with Crippen molar-refractivity contribution in [3.05, 3.63) is 24.2 Å². The van der Waals surface area contributed by atoms with Gasteiger partial charge in [0.05, 0.1) is 47.5 Å². The Kier molecular flexibility index (Phi) is 5.09. The number of morpholine rings is 1. The van der Waals surface area contributed by atoms with Crippen molar-refractivity contribution in [2.45, 2.75) is 37.6 Å². The molecule has 2 aliphatic heterocycles. The molecule has 0 saturated carbocycles. The van der Waals surface area contributed by atoms with Gasteiger partial charge < -0.3 is 24.7 Å². The van der Waals surface area contributed by atoms with E-state index in [2.05, 4.69) is 27.1 Å². The second kappa shape index (κ2) is 7.70. The third kappa shape index (κ3) is 3.15. The molecule has 170 valence electrons. The van der Waals surface area contributed by atoms with Gasteiger partial charge in [0.2, 0.25) is 0 Å². The summed E-state index contributed by atoms with van der Waals surface area (Å²) in [5.74, 6) is 1.90. The molecule has 9 nitrogen and oxygen atoms in total. The molecule has 0 aliphatic carbocycles. The molecule has 2 N–H and O–H groups in total. The zero-order valence-corrected chi connectivity index (χ0v) is 19.7. The largest absolute Gasteiger partial charge is 0.486 e. The van der Waals surface area contributed by atoms with E-state index in [9.17, 15) is 4.21 Å². The molecule has 2 aliphatic rings. The third-order valence-electron chi connectivity index (χ3n) is 6.42. The highest BCUT2D eigenvalue weighted by molar-refractivity contribution is 7.85. The lowest BCUT2D eigenvalue weighted by Gasteiger charge is -2.45. The number of rotatable bonds is 4. The first-order valence-electron chi connectivity index (χ1n) is 10.7. The van der Waals surface area contributed by atoms with Crippen LogP contribution in [0.25, 0.3) is 22.4 Å². The van der Waals surface area contributed by atoms with Gasteiger partial charge in [-0.1, -0.05) is 0 Å². The number of pyridine rings is 1. The number of hydrogen-bond acceptors (Lipinski definition) is 8. The average Bonchev–Trinajstić information content (AvgIpc) is 3.26. The van der Waals surface area contributed by atoms with Gasteiger partial charge in [0.1, 0.15) is 17.9 Å². The van der Waals surface area contributed by atoms with Crippen LogP contribution in [0.1, 0.15) is 26.5 Å². The molecule has 0 spiro atoms. The minimum absolute atomic E-state index is 0.0746. The Morgan fingerprint density at radius 3 is 2.84 bits per heavy atom. The molecule has 5 heterocycles. The molecule has 5 rings (SSSR count). The Morgan fingerprint density at radius 2 is 2.09 bits per heavy atom. The Balaban J connectivity index is 1.82. The van der Waals surface area contributed by atoms with Gasteiger partial charge in [-0.05, 0) is 26.8 Å². The van der Waals surface area contributed by atoms with E-state index in [1.54, 1.807) is 12.5 Å². The maximum absolute atomic E-state index is 12.8. The molecule has 10 heteroatoms. The molecule has 3 aromatic heterocycles.